The molecule has 0 heterocycles. The first kappa shape index (κ1) is 18.0. The van der Waals surface area contributed by atoms with Gasteiger partial charge in [0.25, 0.3) is 0 Å². The van der Waals surface area contributed by atoms with Crippen molar-refractivity contribution in [3.05, 3.63) is 0 Å². The highest BCUT2D eigenvalue weighted by Crippen LogP contribution is 2.16. The zero-order chi connectivity index (χ0) is 13.6. The molecule has 0 aromatic heterocycles. The zero-order valence-electron chi connectivity index (χ0n) is 13.2. The average molecular weight is 255 g/mol. The molecule has 0 amide bonds. The largest absolute Gasteiger partial charge is 0.327 e. The summed E-state index contributed by atoms with van der Waals surface area (Å²) in [5.74, 6) is 0.712. The van der Waals surface area contributed by atoms with E-state index in [0.29, 0.717) is 12.0 Å². The molecule has 0 saturated carbocycles. The van der Waals surface area contributed by atoms with Crippen molar-refractivity contribution in [3.63, 3.8) is 0 Å². The van der Waals surface area contributed by atoms with Crippen molar-refractivity contribution in [2.45, 2.75) is 104 Å². The van der Waals surface area contributed by atoms with E-state index in [2.05, 4.69) is 20.8 Å². The van der Waals surface area contributed by atoms with Crippen LogP contribution in [-0.2, 0) is 0 Å². The first-order valence-corrected chi connectivity index (χ1v) is 8.47. The van der Waals surface area contributed by atoms with Crippen molar-refractivity contribution < 1.29 is 0 Å². The Kier molecular flexibility index (Phi) is 13.4. The van der Waals surface area contributed by atoms with Crippen molar-refractivity contribution in [2.24, 2.45) is 11.7 Å². The Labute approximate surface area is 116 Å². The van der Waals surface area contributed by atoms with Crippen molar-refractivity contribution in [1.82, 2.24) is 0 Å². The van der Waals surface area contributed by atoms with E-state index in [4.69, 9.17) is 5.73 Å². The summed E-state index contributed by atoms with van der Waals surface area (Å²) in [4.78, 5) is 0. The van der Waals surface area contributed by atoms with Crippen molar-refractivity contribution >= 4 is 0 Å². The fourth-order valence-corrected chi connectivity index (χ4v) is 2.64. The topological polar surface area (TPSA) is 26.0 Å². The van der Waals surface area contributed by atoms with Gasteiger partial charge in [0.1, 0.15) is 0 Å². The molecule has 18 heavy (non-hydrogen) atoms. The maximum absolute atomic E-state index is 6.20. The second kappa shape index (κ2) is 13.4. The van der Waals surface area contributed by atoms with Gasteiger partial charge in [0.15, 0.2) is 0 Å². The van der Waals surface area contributed by atoms with E-state index in [1.807, 2.05) is 0 Å². The van der Waals surface area contributed by atoms with Gasteiger partial charge in [0.2, 0.25) is 0 Å². The van der Waals surface area contributed by atoms with Crippen LogP contribution in [0, 0.1) is 5.92 Å². The molecule has 0 aliphatic heterocycles. The summed E-state index contributed by atoms with van der Waals surface area (Å²) in [6, 6.07) is 0.439. The molecule has 2 N–H and O–H groups in total. The van der Waals surface area contributed by atoms with Crippen LogP contribution in [0.4, 0.5) is 0 Å². The first-order valence-electron chi connectivity index (χ1n) is 8.47. The highest BCUT2D eigenvalue weighted by molar-refractivity contribution is 4.68. The predicted molar refractivity (Wildman–Crippen MR) is 83.9 cm³/mol. The molecule has 0 bridgehead atoms. The summed E-state index contributed by atoms with van der Waals surface area (Å²) in [5, 5.41) is 0. The number of hydrogen-bond acceptors (Lipinski definition) is 1. The Morgan fingerprint density at radius 3 is 1.67 bits per heavy atom. The van der Waals surface area contributed by atoms with E-state index in [-0.39, 0.29) is 0 Å². The molecule has 0 radical (unpaired) electrons. The van der Waals surface area contributed by atoms with E-state index in [0.717, 1.165) is 0 Å². The Morgan fingerprint density at radius 1 is 0.667 bits per heavy atom. The van der Waals surface area contributed by atoms with Gasteiger partial charge in [-0.3, -0.25) is 0 Å². The Morgan fingerprint density at radius 2 is 1.17 bits per heavy atom. The standard InChI is InChI=1S/C17H37N/c1-4-6-7-8-9-10-11-12-13-15-17(18)16(3)14-5-2/h16-17H,4-15,18H2,1-3H3. The molecule has 2 atom stereocenters. The molecule has 110 valence electrons. The van der Waals surface area contributed by atoms with E-state index in [9.17, 15) is 0 Å². The van der Waals surface area contributed by atoms with Crippen LogP contribution >= 0.6 is 0 Å². The number of nitrogens with two attached hydrogens (primary N) is 1. The highest BCUT2D eigenvalue weighted by atomic mass is 14.6. The van der Waals surface area contributed by atoms with E-state index in [1.54, 1.807) is 0 Å². The van der Waals surface area contributed by atoms with Crippen LogP contribution in [0.25, 0.3) is 0 Å². The molecule has 0 rings (SSSR count). The van der Waals surface area contributed by atoms with Crippen molar-refractivity contribution in [3.8, 4) is 0 Å². The van der Waals surface area contributed by atoms with E-state index in [1.165, 1.54) is 77.0 Å². The molecule has 0 fully saturated rings. The van der Waals surface area contributed by atoms with Crippen LogP contribution in [0.15, 0.2) is 0 Å². The van der Waals surface area contributed by atoms with Gasteiger partial charge in [-0.2, -0.15) is 0 Å². The molecule has 2 unspecified atom stereocenters. The van der Waals surface area contributed by atoms with Crippen LogP contribution in [0.3, 0.4) is 0 Å². The lowest BCUT2D eigenvalue weighted by Crippen LogP contribution is -2.27. The molecule has 1 heteroatoms. The summed E-state index contributed by atoms with van der Waals surface area (Å²) in [5.41, 5.74) is 6.20. The SMILES string of the molecule is CCCCCCCCCCCC(N)C(C)CCC. The molecular weight excluding hydrogens is 218 g/mol. The molecule has 0 aromatic carbocycles. The number of rotatable bonds is 13. The smallest absolute Gasteiger partial charge is 0.00645 e. The van der Waals surface area contributed by atoms with Gasteiger partial charge in [-0.05, 0) is 18.8 Å². The van der Waals surface area contributed by atoms with Gasteiger partial charge < -0.3 is 5.73 Å². The molecule has 0 aliphatic rings. The Hall–Kier alpha value is -0.0400. The van der Waals surface area contributed by atoms with Gasteiger partial charge in [-0.1, -0.05) is 85.0 Å². The third-order valence-electron chi connectivity index (χ3n) is 4.12. The fraction of sp³-hybridized carbons (Fsp3) is 1.00. The molecule has 1 nitrogen and oxygen atoms in total. The zero-order valence-corrected chi connectivity index (χ0v) is 13.2. The molecule has 0 aromatic rings. The summed E-state index contributed by atoms with van der Waals surface area (Å²) in [7, 11) is 0. The summed E-state index contributed by atoms with van der Waals surface area (Å²) in [6.45, 7) is 6.84. The third kappa shape index (κ3) is 11.1. The van der Waals surface area contributed by atoms with Crippen LogP contribution in [0.2, 0.25) is 0 Å². The van der Waals surface area contributed by atoms with E-state index < -0.39 is 0 Å². The minimum Gasteiger partial charge on any atom is -0.327 e. The lowest BCUT2D eigenvalue weighted by Gasteiger charge is -2.19. The molecular formula is C17H37N. The second-order valence-electron chi connectivity index (χ2n) is 6.05. The number of hydrogen-bond donors (Lipinski definition) is 1. The lowest BCUT2D eigenvalue weighted by molar-refractivity contribution is 0.388. The average Bonchev–Trinajstić information content (AvgIpc) is 2.36. The number of unbranched alkanes of at least 4 members (excludes halogenated alkanes) is 8. The summed E-state index contributed by atoms with van der Waals surface area (Å²) >= 11 is 0. The second-order valence-corrected chi connectivity index (χ2v) is 6.05. The normalized spacial score (nSPS) is 14.7. The Balaban J connectivity index is 3.19. The first-order chi connectivity index (χ1) is 8.72. The maximum Gasteiger partial charge on any atom is 0.00645 e. The van der Waals surface area contributed by atoms with Crippen LogP contribution in [0.5, 0.6) is 0 Å². The van der Waals surface area contributed by atoms with Gasteiger partial charge in [-0.25, -0.2) is 0 Å². The van der Waals surface area contributed by atoms with Gasteiger partial charge in [0.05, 0.1) is 0 Å². The fourth-order valence-electron chi connectivity index (χ4n) is 2.64. The quantitative estimate of drug-likeness (QED) is 0.421. The lowest BCUT2D eigenvalue weighted by atomic mass is 9.93. The Bertz CT molecular complexity index is 156. The minimum atomic E-state index is 0.439. The molecule has 0 spiro atoms. The predicted octanol–water partition coefficient (Wildman–Crippen LogP) is 5.67. The molecule has 0 saturated heterocycles. The summed E-state index contributed by atoms with van der Waals surface area (Å²) in [6.07, 6.45) is 16.5. The summed E-state index contributed by atoms with van der Waals surface area (Å²) < 4.78 is 0. The van der Waals surface area contributed by atoms with Crippen LogP contribution < -0.4 is 5.73 Å². The monoisotopic (exact) mass is 255 g/mol. The van der Waals surface area contributed by atoms with Crippen LogP contribution in [0.1, 0.15) is 97.8 Å². The third-order valence-corrected chi connectivity index (χ3v) is 4.12. The van der Waals surface area contributed by atoms with Gasteiger partial charge in [-0.15, -0.1) is 0 Å². The molecule has 0 aliphatic carbocycles. The maximum atomic E-state index is 6.20. The van der Waals surface area contributed by atoms with Gasteiger partial charge >= 0.3 is 0 Å². The van der Waals surface area contributed by atoms with Crippen molar-refractivity contribution in [2.75, 3.05) is 0 Å². The van der Waals surface area contributed by atoms with Crippen molar-refractivity contribution in [1.29, 1.82) is 0 Å². The van der Waals surface area contributed by atoms with E-state index >= 15 is 0 Å². The van der Waals surface area contributed by atoms with Gasteiger partial charge in [0, 0.05) is 6.04 Å². The highest BCUT2D eigenvalue weighted by Gasteiger charge is 2.10. The minimum absolute atomic E-state index is 0.439. The van der Waals surface area contributed by atoms with Crippen LogP contribution in [-0.4, -0.2) is 6.04 Å².